The predicted octanol–water partition coefficient (Wildman–Crippen LogP) is 3.96. The number of unbranched alkanes of at least 4 members (excludes halogenated alkanes) is 3. The maximum Gasteiger partial charge on any atom is 0.410 e. The van der Waals surface area contributed by atoms with E-state index in [0.29, 0.717) is 32.5 Å². The number of carbonyl (C=O) groups excluding carboxylic acids is 1. The number of hydrogen-bond donors (Lipinski definition) is 1. The highest BCUT2D eigenvalue weighted by molar-refractivity contribution is 5.68. The first kappa shape index (κ1) is 21.0. The van der Waals surface area contributed by atoms with Crippen LogP contribution < -0.4 is 0 Å². The third kappa shape index (κ3) is 13.4. The van der Waals surface area contributed by atoms with Crippen LogP contribution in [0.25, 0.3) is 10.4 Å². The Kier molecular flexibility index (Phi) is 10.6. The minimum atomic E-state index is -0.779. The molecule has 0 fully saturated rings. The number of carboxylic acid groups (broad SMARTS) is 1. The van der Waals surface area contributed by atoms with Crippen LogP contribution in [0.2, 0.25) is 0 Å². The molecule has 0 aliphatic rings. The highest BCUT2D eigenvalue weighted by atomic mass is 16.6. The Bertz CT molecular complexity index is 414. The quantitative estimate of drug-likeness (QED) is 0.267. The van der Waals surface area contributed by atoms with Gasteiger partial charge in [-0.2, -0.15) is 0 Å². The van der Waals surface area contributed by atoms with Crippen molar-refractivity contribution in [1.82, 2.24) is 4.90 Å². The maximum absolute atomic E-state index is 12.2. The predicted molar refractivity (Wildman–Crippen MR) is 87.2 cm³/mol. The summed E-state index contributed by atoms with van der Waals surface area (Å²) < 4.78 is 5.37. The monoisotopic (exact) mass is 328 g/mol. The van der Waals surface area contributed by atoms with Crippen LogP contribution in [-0.4, -0.2) is 47.3 Å². The molecule has 8 heteroatoms. The van der Waals surface area contributed by atoms with Crippen LogP contribution in [0.5, 0.6) is 0 Å². The van der Waals surface area contributed by atoms with Gasteiger partial charge in [0.2, 0.25) is 0 Å². The minimum absolute atomic E-state index is 0.182. The Morgan fingerprint density at radius 3 is 2.30 bits per heavy atom. The van der Waals surface area contributed by atoms with Gasteiger partial charge < -0.3 is 14.7 Å². The van der Waals surface area contributed by atoms with Crippen molar-refractivity contribution in [3.8, 4) is 0 Å². The summed E-state index contributed by atoms with van der Waals surface area (Å²) in [6.07, 6.45) is 3.53. The summed E-state index contributed by atoms with van der Waals surface area (Å²) >= 11 is 0. The Morgan fingerprint density at radius 1 is 1.13 bits per heavy atom. The van der Waals surface area contributed by atoms with E-state index in [1.54, 1.807) is 4.90 Å². The first-order valence-electron chi connectivity index (χ1n) is 7.97. The van der Waals surface area contributed by atoms with Gasteiger partial charge in [-0.15, -0.1) is 0 Å². The second-order valence-electron chi connectivity index (χ2n) is 6.33. The highest BCUT2D eigenvalue weighted by Gasteiger charge is 2.21. The molecule has 0 aliphatic carbocycles. The number of amides is 1. The molecular weight excluding hydrogens is 300 g/mol. The minimum Gasteiger partial charge on any atom is -0.481 e. The zero-order chi connectivity index (χ0) is 17.7. The number of nitrogens with zero attached hydrogens (tertiary/aromatic N) is 4. The average Bonchev–Trinajstić information content (AvgIpc) is 2.42. The normalized spacial score (nSPS) is 10.7. The molecule has 0 atom stereocenters. The third-order valence-electron chi connectivity index (χ3n) is 2.97. The van der Waals surface area contributed by atoms with Gasteiger partial charge in [-0.1, -0.05) is 18.0 Å². The molecule has 0 aromatic heterocycles. The van der Waals surface area contributed by atoms with Crippen LogP contribution in [-0.2, 0) is 9.53 Å². The van der Waals surface area contributed by atoms with E-state index >= 15 is 0 Å². The van der Waals surface area contributed by atoms with Crippen LogP contribution >= 0.6 is 0 Å². The van der Waals surface area contributed by atoms with Gasteiger partial charge in [-0.3, -0.25) is 4.79 Å². The lowest BCUT2D eigenvalue weighted by molar-refractivity contribution is -0.137. The first-order chi connectivity index (χ1) is 10.8. The fourth-order valence-corrected chi connectivity index (χ4v) is 1.93. The number of rotatable bonds is 11. The standard InChI is InChI=1S/C15H28N4O4/c1-15(2,3)23-14(22)19(12-8-10-17-18-16)11-7-5-4-6-9-13(20)21/h4-12H2,1-3H3,(H,20,21). The molecule has 0 saturated carbocycles. The summed E-state index contributed by atoms with van der Waals surface area (Å²) in [6, 6.07) is 0. The molecule has 0 aromatic carbocycles. The van der Waals surface area contributed by atoms with Crippen LogP contribution in [0.1, 0.15) is 59.3 Å². The summed E-state index contributed by atoms with van der Waals surface area (Å²) in [5.74, 6) is -0.779. The van der Waals surface area contributed by atoms with Gasteiger partial charge in [0.15, 0.2) is 0 Å². The van der Waals surface area contributed by atoms with Crippen molar-refractivity contribution in [1.29, 1.82) is 0 Å². The Balaban J connectivity index is 4.22. The van der Waals surface area contributed by atoms with E-state index in [1.807, 2.05) is 20.8 Å². The SMILES string of the molecule is CC(C)(C)OC(=O)N(CCCCCCC(=O)O)CCCN=[N+]=[N-]. The van der Waals surface area contributed by atoms with Crippen molar-refractivity contribution in [3.05, 3.63) is 10.4 Å². The largest absolute Gasteiger partial charge is 0.481 e. The molecule has 8 nitrogen and oxygen atoms in total. The Hall–Kier alpha value is -1.95. The van der Waals surface area contributed by atoms with E-state index in [0.717, 1.165) is 19.3 Å². The number of hydrogen-bond acceptors (Lipinski definition) is 4. The lowest BCUT2D eigenvalue weighted by Crippen LogP contribution is -2.38. The zero-order valence-corrected chi connectivity index (χ0v) is 14.3. The molecule has 0 aliphatic heterocycles. The molecule has 132 valence electrons. The second kappa shape index (κ2) is 11.6. The van der Waals surface area contributed by atoms with Gasteiger partial charge in [0.1, 0.15) is 5.60 Å². The second-order valence-corrected chi connectivity index (χ2v) is 6.33. The molecule has 0 bridgehead atoms. The molecule has 0 rings (SSSR count). The van der Waals surface area contributed by atoms with Crippen molar-refractivity contribution in [2.75, 3.05) is 19.6 Å². The van der Waals surface area contributed by atoms with Crippen molar-refractivity contribution in [2.45, 2.75) is 64.9 Å². The fraction of sp³-hybridized carbons (Fsp3) is 0.867. The summed E-state index contributed by atoms with van der Waals surface area (Å²) in [5, 5.41) is 12.0. The topological polar surface area (TPSA) is 116 Å². The summed E-state index contributed by atoms with van der Waals surface area (Å²) in [4.78, 5) is 26.9. The van der Waals surface area contributed by atoms with E-state index < -0.39 is 11.6 Å². The molecule has 0 spiro atoms. The van der Waals surface area contributed by atoms with E-state index in [4.69, 9.17) is 15.4 Å². The number of aliphatic carboxylic acids is 1. The number of carbonyl (C=O) groups is 2. The molecule has 0 radical (unpaired) electrons. The van der Waals surface area contributed by atoms with Crippen molar-refractivity contribution < 1.29 is 19.4 Å². The van der Waals surface area contributed by atoms with Gasteiger partial charge in [-0.05, 0) is 45.6 Å². The van der Waals surface area contributed by atoms with Crippen molar-refractivity contribution in [3.63, 3.8) is 0 Å². The van der Waals surface area contributed by atoms with Crippen LogP contribution in [0.4, 0.5) is 4.79 Å². The molecule has 0 unspecified atom stereocenters. The Labute approximate surface area is 137 Å². The molecule has 0 saturated heterocycles. The molecule has 1 N–H and O–H groups in total. The van der Waals surface area contributed by atoms with Crippen LogP contribution in [0.15, 0.2) is 5.11 Å². The molecular formula is C15H28N4O4. The van der Waals surface area contributed by atoms with Crippen LogP contribution in [0, 0.1) is 0 Å². The highest BCUT2D eigenvalue weighted by Crippen LogP contribution is 2.12. The van der Waals surface area contributed by atoms with E-state index in [-0.39, 0.29) is 12.5 Å². The van der Waals surface area contributed by atoms with Crippen LogP contribution in [0.3, 0.4) is 0 Å². The lowest BCUT2D eigenvalue weighted by Gasteiger charge is -2.27. The van der Waals surface area contributed by atoms with Crippen molar-refractivity contribution in [2.24, 2.45) is 5.11 Å². The van der Waals surface area contributed by atoms with Gasteiger partial charge in [-0.25, -0.2) is 4.79 Å². The van der Waals surface area contributed by atoms with Gasteiger partial charge in [0.05, 0.1) is 0 Å². The Morgan fingerprint density at radius 2 is 1.74 bits per heavy atom. The van der Waals surface area contributed by atoms with E-state index in [2.05, 4.69) is 10.0 Å². The van der Waals surface area contributed by atoms with Crippen molar-refractivity contribution >= 4 is 12.1 Å². The first-order valence-corrected chi connectivity index (χ1v) is 7.97. The number of ether oxygens (including phenoxy) is 1. The van der Waals surface area contributed by atoms with E-state index in [9.17, 15) is 9.59 Å². The summed E-state index contributed by atoms with van der Waals surface area (Å²) in [6.45, 7) is 6.81. The molecule has 0 aromatic rings. The molecule has 23 heavy (non-hydrogen) atoms. The zero-order valence-electron chi connectivity index (χ0n) is 14.3. The maximum atomic E-state index is 12.2. The van der Waals surface area contributed by atoms with E-state index in [1.165, 1.54) is 0 Å². The van der Waals surface area contributed by atoms with Gasteiger partial charge in [0, 0.05) is 31.0 Å². The average molecular weight is 328 g/mol. The smallest absolute Gasteiger partial charge is 0.410 e. The molecule has 0 heterocycles. The van der Waals surface area contributed by atoms with Gasteiger partial charge in [0.25, 0.3) is 0 Å². The number of carboxylic acids is 1. The lowest BCUT2D eigenvalue weighted by atomic mass is 10.1. The molecule has 1 amide bonds. The fourth-order valence-electron chi connectivity index (χ4n) is 1.93. The third-order valence-corrected chi connectivity index (χ3v) is 2.97. The summed E-state index contributed by atoms with van der Waals surface area (Å²) in [7, 11) is 0. The summed E-state index contributed by atoms with van der Waals surface area (Å²) in [5.41, 5.74) is 7.71. The number of azide groups is 1. The van der Waals surface area contributed by atoms with Gasteiger partial charge >= 0.3 is 12.1 Å².